The molecule has 7 nitrogen and oxygen atoms in total. The molecule has 0 saturated carbocycles. The van der Waals surface area contributed by atoms with Gasteiger partial charge in [-0.1, -0.05) is 30.3 Å². The third-order valence-electron chi connectivity index (χ3n) is 3.96. The standard InChI is InChI=1S/C17H15BN2O5S/c19-10-12-5-1-4-8-16(12)26(23,24)20-17(18(21)22)9-13-11-25-15-7-3-2-6-14(13)15/h1-8,11,17,20-22H,9H2. The minimum Gasteiger partial charge on any atom is -0.464 e. The zero-order valence-corrected chi connectivity index (χ0v) is 14.3. The molecule has 0 spiro atoms. The van der Waals surface area contributed by atoms with Crippen LogP contribution in [0.25, 0.3) is 11.0 Å². The highest BCUT2D eigenvalue weighted by Crippen LogP contribution is 2.23. The second-order valence-corrected chi connectivity index (χ2v) is 7.39. The molecular formula is C17H15BN2O5S. The van der Waals surface area contributed by atoms with E-state index in [0.29, 0.717) is 11.1 Å². The number of hydrogen-bond acceptors (Lipinski definition) is 6. The van der Waals surface area contributed by atoms with Crippen molar-refractivity contribution in [3.05, 3.63) is 65.9 Å². The Morgan fingerprint density at radius 2 is 1.85 bits per heavy atom. The predicted molar refractivity (Wildman–Crippen MR) is 95.4 cm³/mol. The molecule has 9 heteroatoms. The van der Waals surface area contributed by atoms with Gasteiger partial charge in [0.25, 0.3) is 0 Å². The Kier molecular flexibility index (Phi) is 5.11. The van der Waals surface area contributed by atoms with E-state index in [1.54, 1.807) is 30.3 Å². The normalized spacial score (nSPS) is 12.7. The highest BCUT2D eigenvalue weighted by molar-refractivity contribution is 7.89. The summed E-state index contributed by atoms with van der Waals surface area (Å²) in [7, 11) is -6.06. The van der Waals surface area contributed by atoms with E-state index in [1.165, 1.54) is 24.5 Å². The molecule has 1 aromatic heterocycles. The van der Waals surface area contributed by atoms with Crippen LogP contribution < -0.4 is 4.72 Å². The lowest BCUT2D eigenvalue weighted by Gasteiger charge is -2.18. The molecular weight excluding hydrogens is 355 g/mol. The largest absolute Gasteiger partial charge is 0.471 e. The molecule has 3 N–H and O–H groups in total. The Morgan fingerprint density at radius 3 is 2.58 bits per heavy atom. The number of fused-ring (bicyclic) bond motifs is 1. The fourth-order valence-corrected chi connectivity index (χ4v) is 4.08. The molecule has 0 aliphatic heterocycles. The van der Waals surface area contributed by atoms with Crippen molar-refractivity contribution in [2.45, 2.75) is 17.3 Å². The van der Waals surface area contributed by atoms with Gasteiger partial charge < -0.3 is 14.5 Å². The summed E-state index contributed by atoms with van der Waals surface area (Å²) in [6.07, 6.45) is 1.46. The van der Waals surface area contributed by atoms with Gasteiger partial charge in [0.2, 0.25) is 10.0 Å². The van der Waals surface area contributed by atoms with E-state index in [2.05, 4.69) is 4.72 Å². The highest BCUT2D eigenvalue weighted by atomic mass is 32.2. The van der Waals surface area contributed by atoms with Gasteiger partial charge in [-0.15, -0.1) is 0 Å². The monoisotopic (exact) mass is 370 g/mol. The van der Waals surface area contributed by atoms with Crippen molar-refractivity contribution in [1.29, 1.82) is 5.26 Å². The summed E-state index contributed by atoms with van der Waals surface area (Å²) in [5.74, 6) is -1.22. The maximum absolute atomic E-state index is 12.6. The first-order chi connectivity index (χ1) is 12.4. The van der Waals surface area contributed by atoms with Crippen LogP contribution >= 0.6 is 0 Å². The van der Waals surface area contributed by atoms with Crippen molar-refractivity contribution in [3.63, 3.8) is 0 Å². The van der Waals surface area contributed by atoms with Crippen molar-refractivity contribution < 1.29 is 22.9 Å². The third kappa shape index (κ3) is 3.64. The van der Waals surface area contributed by atoms with E-state index in [4.69, 9.17) is 9.68 Å². The maximum Gasteiger partial charge on any atom is 0.471 e. The SMILES string of the molecule is N#Cc1ccccc1S(=O)(=O)NC(Cc1coc2ccccc12)B(O)O. The van der Waals surface area contributed by atoms with Crippen molar-refractivity contribution in [1.82, 2.24) is 4.72 Å². The fourth-order valence-electron chi connectivity index (χ4n) is 2.69. The summed E-state index contributed by atoms with van der Waals surface area (Å²) in [6.45, 7) is 0. The molecule has 3 rings (SSSR count). The lowest BCUT2D eigenvalue weighted by molar-refractivity contribution is 0.379. The quantitative estimate of drug-likeness (QED) is 0.561. The molecule has 3 aromatic rings. The Balaban J connectivity index is 1.90. The van der Waals surface area contributed by atoms with Crippen molar-refractivity contribution >= 4 is 28.1 Å². The molecule has 132 valence electrons. The van der Waals surface area contributed by atoms with Gasteiger partial charge in [-0.2, -0.15) is 5.26 Å². The van der Waals surface area contributed by atoms with Gasteiger partial charge in [0, 0.05) is 5.39 Å². The molecule has 1 atom stereocenters. The number of benzene rings is 2. The topological polar surface area (TPSA) is 124 Å². The van der Waals surface area contributed by atoms with Crippen LogP contribution in [0.3, 0.4) is 0 Å². The lowest BCUT2D eigenvalue weighted by Crippen LogP contribution is -2.47. The number of nitriles is 1. The van der Waals surface area contributed by atoms with Gasteiger partial charge in [0.15, 0.2) is 0 Å². The van der Waals surface area contributed by atoms with Crippen LogP contribution in [-0.4, -0.2) is 31.5 Å². The predicted octanol–water partition coefficient (Wildman–Crippen LogP) is 1.21. The summed E-state index contributed by atoms with van der Waals surface area (Å²) in [4.78, 5) is -0.217. The van der Waals surface area contributed by atoms with Crippen LogP contribution in [0.15, 0.2) is 64.1 Å². The number of nitrogens with one attached hydrogen (secondary N) is 1. The van der Waals surface area contributed by atoms with Gasteiger partial charge in [-0.25, -0.2) is 13.1 Å². The zero-order valence-electron chi connectivity index (χ0n) is 13.5. The Hall–Kier alpha value is -2.64. The Bertz CT molecular complexity index is 1070. The first kappa shape index (κ1) is 18.2. The van der Waals surface area contributed by atoms with Gasteiger partial charge in [-0.05, 0) is 30.2 Å². The molecule has 26 heavy (non-hydrogen) atoms. The van der Waals surface area contributed by atoms with Crippen molar-refractivity contribution in [2.24, 2.45) is 0 Å². The summed E-state index contributed by atoms with van der Waals surface area (Å²) in [5, 5.41) is 29.2. The van der Waals surface area contributed by atoms with E-state index in [9.17, 15) is 18.5 Å². The maximum atomic E-state index is 12.6. The first-order valence-corrected chi connectivity index (χ1v) is 9.23. The van der Waals surface area contributed by atoms with E-state index in [0.717, 1.165) is 5.39 Å². The number of furan rings is 1. The van der Waals surface area contributed by atoms with Crippen molar-refractivity contribution in [3.8, 4) is 6.07 Å². The average Bonchev–Trinajstić information content (AvgIpc) is 3.04. The Morgan fingerprint density at radius 1 is 1.15 bits per heavy atom. The minimum absolute atomic E-state index is 0.00261. The number of rotatable bonds is 6. The third-order valence-corrected chi connectivity index (χ3v) is 5.51. The van der Waals surface area contributed by atoms with Gasteiger partial charge in [0.05, 0.1) is 22.7 Å². The summed E-state index contributed by atoms with van der Waals surface area (Å²) >= 11 is 0. The number of sulfonamides is 1. The van der Waals surface area contributed by atoms with E-state index >= 15 is 0 Å². The van der Waals surface area contributed by atoms with Gasteiger partial charge >= 0.3 is 7.12 Å². The first-order valence-electron chi connectivity index (χ1n) is 7.75. The number of nitrogens with zero attached hydrogens (tertiary/aromatic N) is 1. The summed E-state index contributed by atoms with van der Waals surface area (Å²) < 4.78 is 32.9. The van der Waals surface area contributed by atoms with Crippen LogP contribution in [0.2, 0.25) is 0 Å². The number of para-hydroxylation sites is 1. The molecule has 0 aliphatic rings. The molecule has 0 saturated heterocycles. The lowest BCUT2D eigenvalue weighted by atomic mass is 9.77. The molecule has 0 fully saturated rings. The van der Waals surface area contributed by atoms with Crippen LogP contribution in [0.4, 0.5) is 0 Å². The highest BCUT2D eigenvalue weighted by Gasteiger charge is 2.31. The van der Waals surface area contributed by atoms with Crippen LogP contribution in [0.1, 0.15) is 11.1 Å². The van der Waals surface area contributed by atoms with Gasteiger partial charge in [0.1, 0.15) is 11.7 Å². The smallest absolute Gasteiger partial charge is 0.464 e. The van der Waals surface area contributed by atoms with Crippen LogP contribution in [-0.2, 0) is 16.4 Å². The van der Waals surface area contributed by atoms with E-state index < -0.39 is 23.1 Å². The average molecular weight is 370 g/mol. The summed E-state index contributed by atoms with van der Waals surface area (Å²) in [6, 6.07) is 14.7. The van der Waals surface area contributed by atoms with E-state index in [1.807, 2.05) is 6.07 Å². The van der Waals surface area contributed by atoms with Crippen LogP contribution in [0, 0.1) is 11.3 Å². The molecule has 0 aliphatic carbocycles. The molecule has 0 bridgehead atoms. The van der Waals surface area contributed by atoms with Gasteiger partial charge in [-0.3, -0.25) is 0 Å². The number of hydrogen-bond donors (Lipinski definition) is 3. The Labute approximate surface area is 150 Å². The molecule has 0 radical (unpaired) electrons. The minimum atomic E-state index is -4.13. The second kappa shape index (κ2) is 7.31. The van der Waals surface area contributed by atoms with Crippen molar-refractivity contribution in [2.75, 3.05) is 0 Å². The van der Waals surface area contributed by atoms with Crippen LogP contribution in [0.5, 0.6) is 0 Å². The summed E-state index contributed by atoms with van der Waals surface area (Å²) in [5.41, 5.74) is 1.22. The fraction of sp³-hybridized carbons (Fsp3) is 0.118. The molecule has 2 aromatic carbocycles. The second-order valence-electron chi connectivity index (χ2n) is 5.71. The van der Waals surface area contributed by atoms with E-state index in [-0.39, 0.29) is 16.9 Å². The molecule has 0 amide bonds. The molecule has 1 heterocycles. The molecule has 1 unspecified atom stereocenters. The zero-order chi connectivity index (χ0) is 18.7.